The fraction of sp³-hybridized carbons (Fsp3) is 0.345. The maximum atomic E-state index is 16.4. The fourth-order valence-corrected chi connectivity index (χ4v) is 7.54. The van der Waals surface area contributed by atoms with Crippen molar-refractivity contribution in [1.29, 1.82) is 0 Å². The number of benzene rings is 1. The molecule has 3 aliphatic carbocycles. The Kier molecular flexibility index (Phi) is 6.39. The van der Waals surface area contributed by atoms with Crippen LogP contribution in [0.25, 0.3) is 43.2 Å². The van der Waals surface area contributed by atoms with E-state index in [9.17, 15) is 4.79 Å². The molecule has 0 radical (unpaired) electrons. The van der Waals surface area contributed by atoms with E-state index in [1.165, 1.54) is 17.5 Å². The number of rotatable bonds is 6. The third-order valence-electron chi connectivity index (χ3n) is 8.18. The van der Waals surface area contributed by atoms with Gasteiger partial charge in [0.15, 0.2) is 23.1 Å². The summed E-state index contributed by atoms with van der Waals surface area (Å²) in [7, 11) is 0. The molecule has 5 aromatic rings. The van der Waals surface area contributed by atoms with Crippen molar-refractivity contribution in [3.63, 3.8) is 0 Å². The van der Waals surface area contributed by atoms with Gasteiger partial charge < -0.3 is 15.0 Å². The molecule has 0 spiro atoms. The van der Waals surface area contributed by atoms with Gasteiger partial charge in [-0.25, -0.2) is 24.3 Å². The van der Waals surface area contributed by atoms with E-state index in [-0.39, 0.29) is 52.3 Å². The van der Waals surface area contributed by atoms with E-state index in [2.05, 4.69) is 25.3 Å². The van der Waals surface area contributed by atoms with Crippen LogP contribution in [0.5, 0.6) is 0 Å². The standard InChI is InChI=1S/C29H26ClFN6O2S/c1-2-39-29(38)21-14-7-9-15(10-8-14)23(21)35-27-22(31)25(19-11-16-5-3-4-6-18(16)40-19)36-26(37-27)17-12-32-28-24(17)34-20(30)13-33-28/h3-6,11-15,21,23H,2,7-10H2,1H3,(H,32,33)(H,35,36,37)/t14?,15?,21-,23-/m1/s1. The van der Waals surface area contributed by atoms with Crippen LogP contribution in [0.4, 0.5) is 10.2 Å². The highest BCUT2D eigenvalue weighted by Gasteiger charge is 2.48. The summed E-state index contributed by atoms with van der Waals surface area (Å²) >= 11 is 7.62. The van der Waals surface area contributed by atoms with Crippen molar-refractivity contribution >= 4 is 56.0 Å². The lowest BCUT2D eigenvalue weighted by molar-refractivity contribution is -0.154. The van der Waals surface area contributed by atoms with Gasteiger partial charge in [-0.15, -0.1) is 11.3 Å². The average molecular weight is 577 g/mol. The number of carbonyl (C=O) groups is 1. The van der Waals surface area contributed by atoms with Crippen LogP contribution in [-0.4, -0.2) is 43.5 Å². The monoisotopic (exact) mass is 576 g/mol. The third-order valence-corrected chi connectivity index (χ3v) is 9.49. The Morgan fingerprint density at radius 1 is 1.18 bits per heavy atom. The first-order valence-electron chi connectivity index (χ1n) is 13.5. The highest BCUT2D eigenvalue weighted by atomic mass is 35.5. The lowest BCUT2D eigenvalue weighted by atomic mass is 9.61. The Balaban J connectivity index is 1.38. The number of hydrogen-bond acceptors (Lipinski definition) is 8. The van der Waals surface area contributed by atoms with Gasteiger partial charge in [-0.3, -0.25) is 4.79 Å². The summed E-state index contributed by atoms with van der Waals surface area (Å²) in [5.41, 5.74) is 1.76. The maximum absolute atomic E-state index is 16.4. The molecular weight excluding hydrogens is 551 g/mol. The number of fused-ring (bicyclic) bond motifs is 5. The average Bonchev–Trinajstić information content (AvgIpc) is 3.59. The highest BCUT2D eigenvalue weighted by molar-refractivity contribution is 7.22. The minimum Gasteiger partial charge on any atom is -0.466 e. The van der Waals surface area contributed by atoms with Crippen LogP contribution in [-0.2, 0) is 9.53 Å². The minimum atomic E-state index is -0.552. The Morgan fingerprint density at radius 2 is 1.98 bits per heavy atom. The van der Waals surface area contributed by atoms with E-state index >= 15 is 4.39 Å². The summed E-state index contributed by atoms with van der Waals surface area (Å²) < 4.78 is 22.9. The second-order valence-corrected chi connectivity index (χ2v) is 11.9. The molecule has 0 unspecified atom stereocenters. The molecule has 3 fully saturated rings. The van der Waals surface area contributed by atoms with E-state index in [4.69, 9.17) is 21.3 Å². The van der Waals surface area contributed by atoms with Crippen molar-refractivity contribution in [2.24, 2.45) is 17.8 Å². The summed E-state index contributed by atoms with van der Waals surface area (Å²) in [5, 5.41) is 4.62. The van der Waals surface area contributed by atoms with E-state index in [1.54, 1.807) is 6.20 Å². The number of nitrogens with one attached hydrogen (secondary N) is 2. The van der Waals surface area contributed by atoms with Gasteiger partial charge in [-0.05, 0) is 62.0 Å². The molecule has 204 valence electrons. The Labute approximate surface area is 238 Å². The van der Waals surface area contributed by atoms with Crippen molar-refractivity contribution in [2.45, 2.75) is 38.6 Å². The molecule has 0 saturated heterocycles. The number of esters is 1. The number of H-pyrrole nitrogens is 1. The number of halogens is 2. The van der Waals surface area contributed by atoms with Crippen molar-refractivity contribution < 1.29 is 13.9 Å². The minimum absolute atomic E-state index is 0.0636. The lowest BCUT2D eigenvalue weighted by Gasteiger charge is -2.47. The third kappa shape index (κ3) is 4.30. The lowest BCUT2D eigenvalue weighted by Crippen LogP contribution is -2.52. The number of thiophene rings is 1. The molecule has 1 aromatic carbocycles. The van der Waals surface area contributed by atoms with Gasteiger partial charge in [0.2, 0.25) is 0 Å². The number of nitrogens with zero attached hydrogens (tertiary/aromatic N) is 4. The van der Waals surface area contributed by atoms with Crippen LogP contribution in [0.1, 0.15) is 32.6 Å². The first-order chi connectivity index (χ1) is 19.5. The highest BCUT2D eigenvalue weighted by Crippen LogP contribution is 2.47. The largest absolute Gasteiger partial charge is 0.466 e. The SMILES string of the molecule is CCOC(=O)[C@@H]1C2CCC(CC2)[C@H]1Nc1nc(-c2c[nH]c3ncc(Cl)nc23)nc(-c2cc3ccccc3s2)c1F. The zero-order valence-corrected chi connectivity index (χ0v) is 23.2. The molecular formula is C29H26ClFN6O2S. The van der Waals surface area contributed by atoms with Gasteiger partial charge in [0, 0.05) is 16.9 Å². The van der Waals surface area contributed by atoms with Gasteiger partial charge >= 0.3 is 5.97 Å². The number of aromatic nitrogens is 5. The van der Waals surface area contributed by atoms with Crippen LogP contribution in [0.2, 0.25) is 5.15 Å². The van der Waals surface area contributed by atoms with Crippen LogP contribution in [0.15, 0.2) is 42.7 Å². The van der Waals surface area contributed by atoms with Crippen LogP contribution in [0.3, 0.4) is 0 Å². The molecule has 4 heterocycles. The summed E-state index contributed by atoms with van der Waals surface area (Å²) in [4.78, 5) is 34.9. The summed E-state index contributed by atoms with van der Waals surface area (Å²) in [6, 6.07) is 9.57. The van der Waals surface area contributed by atoms with Crippen molar-refractivity contribution in [3.8, 4) is 22.0 Å². The topological polar surface area (TPSA) is 106 Å². The molecule has 11 heteroatoms. The molecule has 0 aliphatic heterocycles. The number of carbonyl (C=O) groups excluding carboxylic acids is 1. The van der Waals surface area contributed by atoms with E-state index < -0.39 is 5.82 Å². The molecule has 3 aliphatic rings. The van der Waals surface area contributed by atoms with Crippen molar-refractivity contribution in [1.82, 2.24) is 24.9 Å². The zero-order chi connectivity index (χ0) is 27.4. The zero-order valence-electron chi connectivity index (χ0n) is 21.7. The van der Waals surface area contributed by atoms with E-state index in [0.717, 1.165) is 35.8 Å². The molecule has 8 rings (SSSR count). The van der Waals surface area contributed by atoms with E-state index in [0.29, 0.717) is 28.2 Å². The number of anilines is 1. The molecule has 40 heavy (non-hydrogen) atoms. The van der Waals surface area contributed by atoms with Crippen LogP contribution < -0.4 is 5.32 Å². The summed E-state index contributed by atoms with van der Waals surface area (Å²) in [5.74, 6) is -0.349. The van der Waals surface area contributed by atoms with Gasteiger partial charge in [0.05, 0.1) is 29.2 Å². The second-order valence-electron chi connectivity index (χ2n) is 10.4. The summed E-state index contributed by atoms with van der Waals surface area (Å²) in [6.07, 6.45) is 7.09. The predicted octanol–water partition coefficient (Wildman–Crippen LogP) is 6.87. The first-order valence-corrected chi connectivity index (χ1v) is 14.7. The van der Waals surface area contributed by atoms with Gasteiger partial charge in [0.25, 0.3) is 0 Å². The molecule has 4 aromatic heterocycles. The van der Waals surface area contributed by atoms with Gasteiger partial charge in [-0.2, -0.15) is 0 Å². The molecule has 2 N–H and O–H groups in total. The van der Waals surface area contributed by atoms with Crippen LogP contribution >= 0.6 is 22.9 Å². The fourth-order valence-electron chi connectivity index (χ4n) is 6.36. The molecule has 3 saturated carbocycles. The molecule has 2 atom stereocenters. The second kappa shape index (κ2) is 10.1. The molecule has 0 amide bonds. The first kappa shape index (κ1) is 25.3. The quantitative estimate of drug-likeness (QED) is 0.212. The Bertz CT molecular complexity index is 1710. The van der Waals surface area contributed by atoms with Gasteiger partial charge in [-0.1, -0.05) is 29.8 Å². The summed E-state index contributed by atoms with van der Waals surface area (Å²) in [6.45, 7) is 2.12. The van der Waals surface area contributed by atoms with E-state index in [1.807, 2.05) is 37.3 Å². The Morgan fingerprint density at radius 3 is 2.77 bits per heavy atom. The van der Waals surface area contributed by atoms with Crippen LogP contribution in [0, 0.1) is 23.6 Å². The Hall–Kier alpha value is -3.63. The van der Waals surface area contributed by atoms with Gasteiger partial charge in [0.1, 0.15) is 16.4 Å². The van der Waals surface area contributed by atoms with Crippen molar-refractivity contribution in [2.75, 3.05) is 11.9 Å². The van der Waals surface area contributed by atoms with Crippen molar-refractivity contribution in [3.05, 3.63) is 53.7 Å². The maximum Gasteiger partial charge on any atom is 0.311 e. The molecule has 8 nitrogen and oxygen atoms in total. The number of aromatic amines is 1. The smallest absolute Gasteiger partial charge is 0.311 e. The normalized spacial score (nSPS) is 22.2. The predicted molar refractivity (Wildman–Crippen MR) is 154 cm³/mol. The number of hydrogen-bond donors (Lipinski definition) is 2. The number of ether oxygens (including phenoxy) is 1. The molecule has 2 bridgehead atoms.